The SMILES string of the molecule is C(#CC1[CH-]C2OC1c1ccccc12)C(=Nc1ccccc1)c1ccccc1.P.[CH3-].[Pd+2]. The third-order valence-corrected chi connectivity index (χ3v) is 5.01. The number of fused-ring (bicyclic) bond motifs is 5. The summed E-state index contributed by atoms with van der Waals surface area (Å²) in [5.41, 5.74) is 5.26. The van der Waals surface area contributed by atoms with Crippen LogP contribution < -0.4 is 0 Å². The first kappa shape index (κ1) is 24.2. The Bertz CT molecular complexity index is 1060. The molecule has 3 aromatic carbocycles. The van der Waals surface area contributed by atoms with E-state index in [1.54, 1.807) is 0 Å². The standard InChI is InChI=1S/C25H18NO.CH3.H3P.Pd/c1-3-9-18(10-4-1)23(26-20-11-5-2-6-12-20)16-15-19-17-24-21-13-7-8-14-22(21)25(19)27-24;;;/h1-14,17,19,24-25H;2*1H3;/q2*-1;;+2. The van der Waals surface area contributed by atoms with Gasteiger partial charge in [-0.25, -0.2) is 4.99 Å². The van der Waals surface area contributed by atoms with Crippen molar-refractivity contribution in [1.82, 2.24) is 0 Å². The summed E-state index contributed by atoms with van der Waals surface area (Å²) in [6.45, 7) is 0. The molecule has 1 fully saturated rings. The molecule has 3 aromatic rings. The van der Waals surface area contributed by atoms with E-state index < -0.39 is 0 Å². The smallest absolute Gasteiger partial charge is 0.399 e. The first-order valence-corrected chi connectivity index (χ1v) is 9.18. The van der Waals surface area contributed by atoms with Crippen LogP contribution in [0.3, 0.4) is 0 Å². The number of para-hydroxylation sites is 1. The van der Waals surface area contributed by atoms with Crippen LogP contribution >= 0.6 is 9.90 Å². The third kappa shape index (κ3) is 4.81. The molecule has 2 bridgehead atoms. The van der Waals surface area contributed by atoms with Gasteiger partial charge >= 0.3 is 20.4 Å². The summed E-state index contributed by atoms with van der Waals surface area (Å²) in [6.07, 6.45) is 2.31. The monoisotopic (exact) mass is 503 g/mol. The van der Waals surface area contributed by atoms with Gasteiger partial charge in [0.15, 0.2) is 0 Å². The van der Waals surface area contributed by atoms with E-state index in [9.17, 15) is 0 Å². The molecule has 2 heterocycles. The van der Waals surface area contributed by atoms with Crippen LogP contribution in [0.1, 0.15) is 28.9 Å². The Morgan fingerprint density at radius 3 is 2.13 bits per heavy atom. The fourth-order valence-corrected chi connectivity index (χ4v) is 3.72. The van der Waals surface area contributed by atoms with E-state index in [0.29, 0.717) is 0 Å². The second-order valence-electron chi connectivity index (χ2n) is 6.76. The quantitative estimate of drug-likeness (QED) is 0.139. The average molecular weight is 504 g/mol. The molecule has 4 unspecified atom stereocenters. The number of ether oxygens (including phenoxy) is 1. The molecule has 2 aliphatic rings. The second kappa shape index (κ2) is 10.8. The van der Waals surface area contributed by atoms with Crippen LogP contribution in [0.25, 0.3) is 0 Å². The maximum atomic E-state index is 6.11. The van der Waals surface area contributed by atoms with Crippen molar-refractivity contribution in [3.05, 3.63) is 115 Å². The molecule has 0 aromatic heterocycles. The van der Waals surface area contributed by atoms with E-state index in [-0.39, 0.29) is 55.9 Å². The molecule has 0 saturated carbocycles. The molecular weight excluding hydrogens is 480 g/mol. The molecule has 4 atom stereocenters. The Kier molecular flexibility index (Phi) is 8.73. The van der Waals surface area contributed by atoms with E-state index >= 15 is 0 Å². The maximum Gasteiger partial charge on any atom is 2.00 e. The summed E-state index contributed by atoms with van der Waals surface area (Å²) >= 11 is 0. The molecule has 0 aliphatic carbocycles. The Morgan fingerprint density at radius 1 is 0.833 bits per heavy atom. The van der Waals surface area contributed by atoms with Gasteiger partial charge in [-0.1, -0.05) is 78.7 Å². The fraction of sp³-hybridized carbons (Fsp3) is 0.115. The van der Waals surface area contributed by atoms with Gasteiger partial charge in [-0.2, -0.15) is 9.90 Å². The van der Waals surface area contributed by atoms with Gasteiger partial charge in [-0.15, -0.1) is 5.92 Å². The minimum atomic E-state index is 0. The van der Waals surface area contributed by atoms with Crippen molar-refractivity contribution < 1.29 is 25.2 Å². The topological polar surface area (TPSA) is 21.6 Å². The summed E-state index contributed by atoms with van der Waals surface area (Å²) in [4.78, 5) is 4.78. The molecule has 0 N–H and O–H groups in total. The number of nitrogens with zero attached hydrogens (tertiary/aromatic N) is 1. The van der Waals surface area contributed by atoms with E-state index in [1.165, 1.54) is 11.1 Å². The van der Waals surface area contributed by atoms with Gasteiger partial charge < -0.3 is 12.2 Å². The van der Waals surface area contributed by atoms with E-state index in [2.05, 4.69) is 42.5 Å². The minimum absolute atomic E-state index is 0. The van der Waals surface area contributed by atoms with E-state index in [4.69, 9.17) is 9.73 Å². The van der Waals surface area contributed by atoms with Crippen LogP contribution in [0.2, 0.25) is 0 Å². The van der Waals surface area contributed by atoms with E-state index in [1.807, 2.05) is 60.7 Å². The van der Waals surface area contributed by atoms with Crippen LogP contribution in [0.15, 0.2) is 89.9 Å². The van der Waals surface area contributed by atoms with Crippen molar-refractivity contribution >= 4 is 21.3 Å². The molecule has 0 amide bonds. The molecule has 2 aliphatic heterocycles. The Hall–Kier alpha value is -2.06. The summed E-state index contributed by atoms with van der Waals surface area (Å²) in [6, 6.07) is 28.5. The molecule has 0 spiro atoms. The van der Waals surface area contributed by atoms with Gasteiger partial charge in [0.1, 0.15) is 5.71 Å². The number of hydrogen-bond acceptors (Lipinski definition) is 2. The minimum Gasteiger partial charge on any atom is -0.399 e. The summed E-state index contributed by atoms with van der Waals surface area (Å²) < 4.78 is 6.11. The van der Waals surface area contributed by atoms with E-state index in [0.717, 1.165) is 17.0 Å². The van der Waals surface area contributed by atoms with Crippen molar-refractivity contribution in [2.24, 2.45) is 10.9 Å². The predicted octanol–water partition coefficient (Wildman–Crippen LogP) is 5.96. The van der Waals surface area contributed by atoms with Gasteiger partial charge in [-0.05, 0) is 35.3 Å². The molecule has 0 radical (unpaired) electrons. The van der Waals surface area contributed by atoms with Crippen molar-refractivity contribution in [3.63, 3.8) is 0 Å². The fourth-order valence-electron chi connectivity index (χ4n) is 3.72. The molecular formula is C26H24NOPPd. The second-order valence-corrected chi connectivity index (χ2v) is 6.76. The Morgan fingerprint density at radius 2 is 1.43 bits per heavy atom. The number of aliphatic imine (C=N–C) groups is 1. The first-order chi connectivity index (χ1) is 13.4. The predicted molar refractivity (Wildman–Crippen MR) is 125 cm³/mol. The van der Waals surface area contributed by atoms with Crippen LogP contribution in [0, 0.1) is 31.6 Å². The van der Waals surface area contributed by atoms with Crippen LogP contribution in [-0.4, -0.2) is 5.71 Å². The molecule has 5 rings (SSSR count). The first-order valence-electron chi connectivity index (χ1n) is 9.18. The van der Waals surface area contributed by atoms with Crippen LogP contribution in [0.4, 0.5) is 5.69 Å². The molecule has 154 valence electrons. The van der Waals surface area contributed by atoms with Crippen molar-refractivity contribution in [2.45, 2.75) is 12.2 Å². The molecule has 30 heavy (non-hydrogen) atoms. The van der Waals surface area contributed by atoms with Crippen LogP contribution in [-0.2, 0) is 25.2 Å². The van der Waals surface area contributed by atoms with Gasteiger partial charge in [0.2, 0.25) is 0 Å². The maximum absolute atomic E-state index is 6.11. The molecule has 4 heteroatoms. The Balaban J connectivity index is 0.00000107. The molecule has 1 saturated heterocycles. The number of hydrogen-bond donors (Lipinski definition) is 0. The zero-order chi connectivity index (χ0) is 18.1. The summed E-state index contributed by atoms with van der Waals surface area (Å²) in [5, 5.41) is 0. The van der Waals surface area contributed by atoms with Gasteiger partial charge in [0.25, 0.3) is 0 Å². The van der Waals surface area contributed by atoms with Gasteiger partial charge in [0, 0.05) is 5.56 Å². The van der Waals surface area contributed by atoms with Crippen molar-refractivity contribution in [2.75, 3.05) is 0 Å². The van der Waals surface area contributed by atoms with Crippen molar-refractivity contribution in [1.29, 1.82) is 0 Å². The third-order valence-electron chi connectivity index (χ3n) is 5.01. The van der Waals surface area contributed by atoms with Gasteiger partial charge in [-0.3, -0.25) is 6.42 Å². The average Bonchev–Trinajstić information content (AvgIpc) is 3.32. The number of benzene rings is 3. The van der Waals surface area contributed by atoms with Crippen molar-refractivity contribution in [3.8, 4) is 11.8 Å². The summed E-state index contributed by atoms with van der Waals surface area (Å²) in [5.74, 6) is 6.83. The Labute approximate surface area is 196 Å². The molecule has 2 nitrogen and oxygen atoms in total. The van der Waals surface area contributed by atoms with Crippen LogP contribution in [0.5, 0.6) is 0 Å². The summed E-state index contributed by atoms with van der Waals surface area (Å²) in [7, 11) is 0. The van der Waals surface area contributed by atoms with Gasteiger partial charge in [0.05, 0.1) is 11.8 Å². The largest absolute Gasteiger partial charge is 2.00 e. The number of rotatable bonds is 2. The zero-order valence-electron chi connectivity index (χ0n) is 16.8. The zero-order valence-corrected chi connectivity index (χ0v) is 19.7. The normalized spacial score (nSPS) is 20.5.